The summed E-state index contributed by atoms with van der Waals surface area (Å²) in [6, 6.07) is 17.1. The molecule has 0 N–H and O–H groups in total. The van der Waals surface area contributed by atoms with Crippen LogP contribution in [0.25, 0.3) is 0 Å². The van der Waals surface area contributed by atoms with Crippen LogP contribution < -0.4 is 9.47 Å². The van der Waals surface area contributed by atoms with Crippen molar-refractivity contribution in [3.63, 3.8) is 0 Å². The summed E-state index contributed by atoms with van der Waals surface area (Å²) >= 11 is 0. The van der Waals surface area contributed by atoms with E-state index in [1.807, 2.05) is 30.3 Å². The molecule has 0 aliphatic heterocycles. The monoisotopic (exact) mass is 227 g/mol. The quantitative estimate of drug-likeness (QED) is 0.799. The Hall–Kier alpha value is -1.96. The van der Waals surface area contributed by atoms with Crippen molar-refractivity contribution in [1.29, 1.82) is 0 Å². The summed E-state index contributed by atoms with van der Waals surface area (Å²) in [6.45, 7) is 0. The van der Waals surface area contributed by atoms with Gasteiger partial charge in [0.05, 0.1) is 14.2 Å². The topological polar surface area (TPSA) is 18.5 Å². The van der Waals surface area contributed by atoms with Crippen molar-refractivity contribution in [2.45, 2.75) is 6.42 Å². The van der Waals surface area contributed by atoms with Crippen LogP contribution in [-0.2, 0) is 6.42 Å². The molecule has 2 aromatic rings. The Labute approximate surface area is 102 Å². The van der Waals surface area contributed by atoms with Crippen molar-refractivity contribution in [3.05, 3.63) is 59.7 Å². The van der Waals surface area contributed by atoms with Crippen LogP contribution >= 0.6 is 0 Å². The van der Waals surface area contributed by atoms with Gasteiger partial charge < -0.3 is 9.47 Å². The smallest absolute Gasteiger partial charge is 0.127 e. The van der Waals surface area contributed by atoms with E-state index in [-0.39, 0.29) is 0 Å². The lowest BCUT2D eigenvalue weighted by Gasteiger charge is -2.10. The Kier molecular flexibility index (Phi) is 3.66. The number of benzene rings is 2. The van der Waals surface area contributed by atoms with E-state index >= 15 is 0 Å². The van der Waals surface area contributed by atoms with Gasteiger partial charge in [-0.05, 0) is 17.7 Å². The largest absolute Gasteiger partial charge is 0.496 e. The van der Waals surface area contributed by atoms with E-state index in [2.05, 4.69) is 18.2 Å². The fourth-order valence-corrected chi connectivity index (χ4v) is 1.76. The van der Waals surface area contributed by atoms with Crippen molar-refractivity contribution in [2.75, 3.05) is 14.2 Å². The van der Waals surface area contributed by atoms with Crippen molar-refractivity contribution in [3.8, 4) is 11.5 Å². The van der Waals surface area contributed by atoms with Gasteiger partial charge in [-0.25, -0.2) is 0 Å². The average Bonchev–Trinajstić information content (AvgIpc) is 2.40. The highest BCUT2D eigenvalue weighted by atomic mass is 16.5. The van der Waals surface area contributed by atoms with Gasteiger partial charge in [-0.15, -0.1) is 0 Å². The SMILES string of the molecule is COc1[c]cc(OC)c(Cc2ccccc2)c1. The molecular weight excluding hydrogens is 212 g/mol. The first-order chi connectivity index (χ1) is 8.33. The van der Waals surface area contributed by atoms with Gasteiger partial charge >= 0.3 is 0 Å². The van der Waals surface area contributed by atoms with E-state index in [1.165, 1.54) is 5.56 Å². The fraction of sp³-hybridized carbons (Fsp3) is 0.200. The molecular formula is C15H15O2. The van der Waals surface area contributed by atoms with Gasteiger partial charge in [-0.3, -0.25) is 0 Å². The Morgan fingerprint density at radius 1 is 1.06 bits per heavy atom. The first kappa shape index (κ1) is 11.5. The van der Waals surface area contributed by atoms with Crippen LogP contribution in [0.4, 0.5) is 0 Å². The molecule has 0 aliphatic carbocycles. The number of methoxy groups -OCH3 is 2. The second-order valence-electron chi connectivity index (χ2n) is 3.76. The molecule has 0 bridgehead atoms. The molecule has 2 aromatic carbocycles. The van der Waals surface area contributed by atoms with Crippen molar-refractivity contribution in [1.82, 2.24) is 0 Å². The number of ether oxygens (including phenoxy) is 2. The Balaban J connectivity index is 2.30. The minimum absolute atomic E-state index is 0.733. The highest BCUT2D eigenvalue weighted by Gasteiger charge is 2.06. The van der Waals surface area contributed by atoms with Crippen LogP contribution in [-0.4, -0.2) is 14.2 Å². The summed E-state index contributed by atoms with van der Waals surface area (Å²) in [6.07, 6.45) is 0.828. The average molecular weight is 227 g/mol. The lowest BCUT2D eigenvalue weighted by molar-refractivity contribution is 0.399. The van der Waals surface area contributed by atoms with Crippen molar-refractivity contribution >= 4 is 0 Å². The van der Waals surface area contributed by atoms with E-state index in [9.17, 15) is 0 Å². The first-order valence-electron chi connectivity index (χ1n) is 5.50. The Bertz CT molecular complexity index is 478. The maximum absolute atomic E-state index is 5.33. The molecule has 17 heavy (non-hydrogen) atoms. The molecule has 0 fully saturated rings. The molecule has 0 atom stereocenters. The van der Waals surface area contributed by atoms with E-state index in [4.69, 9.17) is 9.47 Å². The summed E-state index contributed by atoms with van der Waals surface area (Å²) < 4.78 is 10.5. The number of hydrogen-bond donors (Lipinski definition) is 0. The third kappa shape index (κ3) is 2.78. The highest BCUT2D eigenvalue weighted by Crippen LogP contribution is 2.25. The second kappa shape index (κ2) is 5.39. The third-order valence-electron chi connectivity index (χ3n) is 2.64. The summed E-state index contributed by atoms with van der Waals surface area (Å²) in [4.78, 5) is 0. The predicted molar refractivity (Wildman–Crippen MR) is 67.6 cm³/mol. The van der Waals surface area contributed by atoms with Gasteiger partial charge in [-0.2, -0.15) is 0 Å². The molecule has 0 saturated carbocycles. The molecule has 2 nitrogen and oxygen atoms in total. The van der Waals surface area contributed by atoms with Crippen LogP contribution in [0.2, 0.25) is 0 Å². The predicted octanol–water partition coefficient (Wildman–Crippen LogP) is 3.09. The molecule has 87 valence electrons. The van der Waals surface area contributed by atoms with Gasteiger partial charge in [-0.1, -0.05) is 30.3 Å². The Morgan fingerprint density at radius 2 is 1.82 bits per heavy atom. The first-order valence-corrected chi connectivity index (χ1v) is 5.50. The zero-order chi connectivity index (χ0) is 12.1. The van der Waals surface area contributed by atoms with Gasteiger partial charge in [0.25, 0.3) is 0 Å². The fourth-order valence-electron chi connectivity index (χ4n) is 1.76. The number of rotatable bonds is 4. The molecule has 2 rings (SSSR count). The summed E-state index contributed by atoms with van der Waals surface area (Å²) in [5.74, 6) is 1.58. The van der Waals surface area contributed by atoms with Gasteiger partial charge in [0.1, 0.15) is 11.5 Å². The van der Waals surface area contributed by atoms with Crippen LogP contribution in [0.15, 0.2) is 42.5 Å². The maximum Gasteiger partial charge on any atom is 0.127 e. The molecule has 0 aliphatic rings. The molecule has 0 unspecified atom stereocenters. The van der Waals surface area contributed by atoms with Crippen molar-refractivity contribution in [2.24, 2.45) is 0 Å². The minimum atomic E-state index is 0.733. The zero-order valence-electron chi connectivity index (χ0n) is 10.1. The minimum Gasteiger partial charge on any atom is -0.496 e. The molecule has 0 heterocycles. The summed E-state index contributed by atoms with van der Waals surface area (Å²) in [5, 5.41) is 0. The molecule has 0 aromatic heterocycles. The number of hydrogen-bond acceptors (Lipinski definition) is 2. The Morgan fingerprint density at radius 3 is 2.47 bits per heavy atom. The summed E-state index contributed by atoms with van der Waals surface area (Å²) in [5.41, 5.74) is 2.35. The summed E-state index contributed by atoms with van der Waals surface area (Å²) in [7, 11) is 3.31. The maximum atomic E-state index is 5.33. The van der Waals surface area contributed by atoms with E-state index in [1.54, 1.807) is 14.2 Å². The standard InChI is InChI=1S/C15H15O2/c1-16-14-8-9-15(17-2)13(11-14)10-12-6-4-3-5-7-12/h3-7,9,11H,10H2,1-2H3. The lowest BCUT2D eigenvalue weighted by Crippen LogP contribution is -1.95. The van der Waals surface area contributed by atoms with Gasteiger partial charge in [0.15, 0.2) is 0 Å². The van der Waals surface area contributed by atoms with Crippen LogP contribution in [0, 0.1) is 6.07 Å². The lowest BCUT2D eigenvalue weighted by atomic mass is 10.0. The zero-order valence-corrected chi connectivity index (χ0v) is 10.1. The normalized spacial score (nSPS) is 10.0. The van der Waals surface area contributed by atoms with Crippen LogP contribution in [0.3, 0.4) is 0 Å². The van der Waals surface area contributed by atoms with Crippen molar-refractivity contribution < 1.29 is 9.47 Å². The van der Waals surface area contributed by atoms with Gasteiger partial charge in [0, 0.05) is 18.1 Å². The van der Waals surface area contributed by atoms with Crippen LogP contribution in [0.1, 0.15) is 11.1 Å². The molecule has 2 heteroatoms. The molecule has 1 radical (unpaired) electrons. The van der Waals surface area contributed by atoms with E-state index in [0.717, 1.165) is 23.5 Å². The van der Waals surface area contributed by atoms with Gasteiger partial charge in [0.2, 0.25) is 0 Å². The second-order valence-corrected chi connectivity index (χ2v) is 3.76. The molecule has 0 spiro atoms. The van der Waals surface area contributed by atoms with E-state index < -0.39 is 0 Å². The van der Waals surface area contributed by atoms with E-state index in [0.29, 0.717) is 0 Å². The molecule has 0 saturated heterocycles. The third-order valence-corrected chi connectivity index (χ3v) is 2.64. The molecule has 0 amide bonds. The van der Waals surface area contributed by atoms with Crippen LogP contribution in [0.5, 0.6) is 11.5 Å². The highest BCUT2D eigenvalue weighted by molar-refractivity contribution is 5.42.